The molecule has 0 aliphatic heterocycles. The van der Waals surface area contributed by atoms with Crippen LogP contribution in [0.15, 0.2) is 194 Å². The van der Waals surface area contributed by atoms with E-state index in [1.54, 1.807) is 0 Å². The van der Waals surface area contributed by atoms with Gasteiger partial charge in [-0.05, 0) is 108 Å². The molecule has 0 amide bonds. The van der Waals surface area contributed by atoms with E-state index < -0.39 is 0 Å². The molecular formula is C56H39N. The molecule has 2 aliphatic rings. The monoisotopic (exact) mass is 725 g/mol. The molecule has 2 aliphatic carbocycles. The number of benzene rings is 9. The molecule has 1 atom stereocenters. The van der Waals surface area contributed by atoms with E-state index in [9.17, 15) is 0 Å². The van der Waals surface area contributed by atoms with Crippen LogP contribution in [-0.4, -0.2) is 4.57 Å². The summed E-state index contributed by atoms with van der Waals surface area (Å²) in [7, 11) is 0. The minimum atomic E-state index is -0.0859. The van der Waals surface area contributed by atoms with Gasteiger partial charge in [0.2, 0.25) is 0 Å². The zero-order valence-corrected chi connectivity index (χ0v) is 32.0. The maximum absolute atomic E-state index is 2.53. The van der Waals surface area contributed by atoms with Crippen LogP contribution in [0.5, 0.6) is 0 Å². The van der Waals surface area contributed by atoms with Gasteiger partial charge in [-0.25, -0.2) is 0 Å². The summed E-state index contributed by atoms with van der Waals surface area (Å²) in [6, 6.07) is 72.6. The quantitative estimate of drug-likeness (QED) is 0.170. The maximum Gasteiger partial charge on any atom is 0.0622 e. The summed E-state index contributed by atoms with van der Waals surface area (Å²) in [5.74, 6) is 0.186. The first-order chi connectivity index (χ1) is 28.0. The molecule has 1 heteroatoms. The Kier molecular flexibility index (Phi) is 6.81. The highest BCUT2D eigenvalue weighted by Gasteiger charge is 2.37. The summed E-state index contributed by atoms with van der Waals surface area (Å²) in [5.41, 5.74) is 20.8. The predicted molar refractivity (Wildman–Crippen MR) is 240 cm³/mol. The Morgan fingerprint density at radius 3 is 2.02 bits per heavy atom. The van der Waals surface area contributed by atoms with Gasteiger partial charge in [0, 0.05) is 33.4 Å². The summed E-state index contributed by atoms with van der Waals surface area (Å²) in [4.78, 5) is 0. The summed E-state index contributed by atoms with van der Waals surface area (Å²) < 4.78 is 2.53. The van der Waals surface area contributed by atoms with Crippen molar-refractivity contribution in [3.05, 3.63) is 222 Å². The second kappa shape index (κ2) is 12.0. The molecule has 10 aromatic rings. The van der Waals surface area contributed by atoms with Crippen molar-refractivity contribution in [2.75, 3.05) is 0 Å². The minimum Gasteiger partial charge on any atom is -0.309 e. The minimum absolute atomic E-state index is 0.0859. The second-order valence-corrected chi connectivity index (χ2v) is 16.5. The van der Waals surface area contributed by atoms with Crippen molar-refractivity contribution in [1.29, 1.82) is 0 Å². The molecule has 1 aromatic heterocycles. The Bertz CT molecular complexity index is 3270. The number of hydrogen-bond acceptors (Lipinski definition) is 0. The highest BCUT2D eigenvalue weighted by molar-refractivity contribution is 6.16. The molecule has 0 radical (unpaired) electrons. The molecule has 0 spiro atoms. The van der Waals surface area contributed by atoms with Crippen molar-refractivity contribution < 1.29 is 0 Å². The van der Waals surface area contributed by atoms with Crippen LogP contribution in [-0.2, 0) is 5.41 Å². The molecule has 1 heterocycles. The fourth-order valence-electron chi connectivity index (χ4n) is 10.3. The van der Waals surface area contributed by atoms with Crippen LogP contribution in [0.3, 0.4) is 0 Å². The lowest BCUT2D eigenvalue weighted by Gasteiger charge is -2.21. The molecule has 0 saturated carbocycles. The lowest BCUT2D eigenvalue weighted by Crippen LogP contribution is -2.14. The fraction of sp³-hybridized carbons (Fsp3) is 0.0714. The number of nitrogens with zero attached hydrogens (tertiary/aromatic N) is 1. The van der Waals surface area contributed by atoms with Gasteiger partial charge in [-0.3, -0.25) is 0 Å². The standard InChI is InChI=1S/C56H39N/c1-56(2)50-22-11-10-21-47(50)54-51(56)29-28-46-49-34-40(25-30-52(49)57(55(46)54)42-26-23-36-15-6-7-16-38(36)32-42)39-24-27-45-48(33-39)43-19-8-9-20-44(43)53(45)41-18-12-17-37(31-41)35-13-4-3-5-14-35/h3-34,53H,1-2H3. The molecular weight excluding hydrogens is 687 g/mol. The first kappa shape index (κ1) is 32.3. The van der Waals surface area contributed by atoms with Crippen LogP contribution in [0.25, 0.3) is 82.8 Å². The summed E-state index contributed by atoms with van der Waals surface area (Å²) in [6.07, 6.45) is 0. The lowest BCUT2D eigenvalue weighted by atomic mass is 9.82. The van der Waals surface area contributed by atoms with E-state index in [-0.39, 0.29) is 11.3 Å². The molecule has 1 unspecified atom stereocenters. The third-order valence-corrected chi connectivity index (χ3v) is 13.1. The van der Waals surface area contributed by atoms with E-state index in [1.807, 2.05) is 0 Å². The van der Waals surface area contributed by atoms with Gasteiger partial charge in [0.25, 0.3) is 0 Å². The zero-order valence-electron chi connectivity index (χ0n) is 32.0. The van der Waals surface area contributed by atoms with E-state index in [2.05, 4.69) is 213 Å². The van der Waals surface area contributed by atoms with Crippen molar-refractivity contribution in [2.45, 2.75) is 25.2 Å². The summed E-state index contributed by atoms with van der Waals surface area (Å²) >= 11 is 0. The largest absolute Gasteiger partial charge is 0.309 e. The SMILES string of the molecule is CC1(C)c2ccccc2-c2c1ccc1c3cc(-c4ccc5c(c4)-c4ccccc4C5c4cccc(-c5ccccc5)c4)ccc3n(-c3ccc4ccccc4c3)c21. The molecule has 9 aromatic carbocycles. The summed E-state index contributed by atoms with van der Waals surface area (Å²) in [6.45, 7) is 4.75. The molecule has 0 saturated heterocycles. The average molecular weight is 726 g/mol. The molecule has 57 heavy (non-hydrogen) atoms. The van der Waals surface area contributed by atoms with Crippen molar-refractivity contribution in [3.8, 4) is 50.2 Å². The molecule has 268 valence electrons. The third kappa shape index (κ3) is 4.69. The van der Waals surface area contributed by atoms with Crippen LogP contribution >= 0.6 is 0 Å². The van der Waals surface area contributed by atoms with Gasteiger partial charge >= 0.3 is 0 Å². The van der Waals surface area contributed by atoms with Crippen LogP contribution < -0.4 is 0 Å². The van der Waals surface area contributed by atoms with Gasteiger partial charge in [0.15, 0.2) is 0 Å². The Hall–Kier alpha value is -6.96. The molecule has 1 nitrogen and oxygen atoms in total. The Labute approximate surface area is 333 Å². The van der Waals surface area contributed by atoms with Crippen molar-refractivity contribution in [3.63, 3.8) is 0 Å². The number of rotatable bonds is 4. The molecule has 0 N–H and O–H groups in total. The normalized spacial score (nSPS) is 14.8. The van der Waals surface area contributed by atoms with E-state index in [1.165, 1.54) is 111 Å². The number of hydrogen-bond donors (Lipinski definition) is 0. The highest BCUT2D eigenvalue weighted by Crippen LogP contribution is 2.54. The van der Waals surface area contributed by atoms with Gasteiger partial charge in [-0.1, -0.05) is 178 Å². The number of aromatic nitrogens is 1. The van der Waals surface area contributed by atoms with Gasteiger partial charge in [-0.2, -0.15) is 0 Å². The Morgan fingerprint density at radius 2 is 1.12 bits per heavy atom. The van der Waals surface area contributed by atoms with E-state index in [0.717, 1.165) is 0 Å². The van der Waals surface area contributed by atoms with Crippen LogP contribution in [0.1, 0.15) is 47.6 Å². The zero-order chi connectivity index (χ0) is 37.8. The van der Waals surface area contributed by atoms with E-state index >= 15 is 0 Å². The number of fused-ring (bicyclic) bond motifs is 11. The first-order valence-corrected chi connectivity index (χ1v) is 20.1. The van der Waals surface area contributed by atoms with Crippen molar-refractivity contribution in [1.82, 2.24) is 4.57 Å². The molecule has 0 fully saturated rings. The van der Waals surface area contributed by atoms with Gasteiger partial charge < -0.3 is 4.57 Å². The first-order valence-electron chi connectivity index (χ1n) is 20.1. The van der Waals surface area contributed by atoms with Gasteiger partial charge in [0.1, 0.15) is 0 Å². The van der Waals surface area contributed by atoms with Crippen LogP contribution in [0.2, 0.25) is 0 Å². The summed E-state index contributed by atoms with van der Waals surface area (Å²) in [5, 5.41) is 5.07. The average Bonchev–Trinajstić information content (AvgIpc) is 3.86. The van der Waals surface area contributed by atoms with Gasteiger partial charge in [-0.15, -0.1) is 0 Å². The Morgan fingerprint density at radius 1 is 0.421 bits per heavy atom. The van der Waals surface area contributed by atoms with E-state index in [4.69, 9.17) is 0 Å². The van der Waals surface area contributed by atoms with Crippen molar-refractivity contribution in [2.24, 2.45) is 0 Å². The van der Waals surface area contributed by atoms with Crippen LogP contribution in [0.4, 0.5) is 0 Å². The molecule has 0 bridgehead atoms. The smallest absolute Gasteiger partial charge is 0.0622 e. The van der Waals surface area contributed by atoms with E-state index in [0.29, 0.717) is 0 Å². The predicted octanol–water partition coefficient (Wildman–Crippen LogP) is 14.7. The van der Waals surface area contributed by atoms with Gasteiger partial charge in [0.05, 0.1) is 11.0 Å². The second-order valence-electron chi connectivity index (χ2n) is 16.5. The topological polar surface area (TPSA) is 4.93 Å². The van der Waals surface area contributed by atoms with Crippen LogP contribution in [0, 0.1) is 0 Å². The third-order valence-electron chi connectivity index (χ3n) is 13.1. The maximum atomic E-state index is 2.53. The fourth-order valence-corrected chi connectivity index (χ4v) is 10.3. The molecule has 12 rings (SSSR count). The Balaban J connectivity index is 1.05. The van der Waals surface area contributed by atoms with Crippen molar-refractivity contribution >= 4 is 32.6 Å². The lowest BCUT2D eigenvalue weighted by molar-refractivity contribution is 0.661. The highest BCUT2D eigenvalue weighted by atomic mass is 15.0.